The first kappa shape index (κ1) is 23.9. The van der Waals surface area contributed by atoms with Crippen LogP contribution in [-0.4, -0.2) is 52.1 Å². The number of benzene rings is 2. The first-order valence-corrected chi connectivity index (χ1v) is 13.4. The molecule has 0 amide bonds. The van der Waals surface area contributed by atoms with E-state index in [9.17, 15) is 0 Å². The van der Waals surface area contributed by atoms with Crippen LogP contribution in [0.25, 0.3) is 22.3 Å². The minimum absolute atomic E-state index is 0.332. The average Bonchev–Trinajstić information content (AvgIpc) is 3.28. The zero-order chi connectivity index (χ0) is 25.2. The molecule has 2 aromatic heterocycles. The molecule has 0 radical (unpaired) electrons. The molecule has 3 N–H and O–H groups in total. The molecule has 8 heteroatoms. The number of hydrogen-bond acceptors (Lipinski definition) is 7. The second-order valence-corrected chi connectivity index (χ2v) is 10.4. The van der Waals surface area contributed by atoms with E-state index < -0.39 is 0 Å². The largest absolute Gasteiger partial charge is 0.378 e. The van der Waals surface area contributed by atoms with E-state index >= 15 is 0 Å². The molecule has 8 nitrogen and oxygen atoms in total. The van der Waals surface area contributed by atoms with Crippen LogP contribution in [-0.2, 0) is 11.3 Å². The lowest BCUT2D eigenvalue weighted by Gasteiger charge is -2.28. The van der Waals surface area contributed by atoms with Crippen molar-refractivity contribution in [2.75, 3.05) is 36.5 Å². The predicted octanol–water partition coefficient (Wildman–Crippen LogP) is 4.90. The van der Waals surface area contributed by atoms with Gasteiger partial charge >= 0.3 is 0 Å². The summed E-state index contributed by atoms with van der Waals surface area (Å²) in [5.41, 5.74) is 12.4. The second-order valence-electron chi connectivity index (χ2n) is 10.4. The normalized spacial score (nSPS) is 20.3. The van der Waals surface area contributed by atoms with Gasteiger partial charge in [0.2, 0.25) is 5.95 Å². The fourth-order valence-corrected chi connectivity index (χ4v) is 5.48. The SMILES string of the molecule is Cc1cccc(Nc2ncc3c(-c4ccc(N5CCOCC5)cc4)nn(CC4CCC(N)CC4)c3n2)c1. The summed E-state index contributed by atoms with van der Waals surface area (Å²) in [7, 11) is 0. The Morgan fingerprint density at radius 1 is 1.03 bits per heavy atom. The van der Waals surface area contributed by atoms with Gasteiger partial charge in [-0.1, -0.05) is 24.3 Å². The van der Waals surface area contributed by atoms with Crippen LogP contribution in [0.15, 0.2) is 54.7 Å². The molecule has 1 saturated carbocycles. The van der Waals surface area contributed by atoms with Crippen LogP contribution in [0, 0.1) is 12.8 Å². The lowest BCUT2D eigenvalue weighted by atomic mass is 9.86. The summed E-state index contributed by atoms with van der Waals surface area (Å²) < 4.78 is 7.59. The Kier molecular flexibility index (Phi) is 6.76. The van der Waals surface area contributed by atoms with Crippen molar-refractivity contribution in [3.63, 3.8) is 0 Å². The van der Waals surface area contributed by atoms with Crippen LogP contribution in [0.2, 0.25) is 0 Å². The second kappa shape index (κ2) is 10.5. The Bertz CT molecular complexity index is 1350. The highest BCUT2D eigenvalue weighted by atomic mass is 16.5. The number of aromatic nitrogens is 4. The Labute approximate surface area is 217 Å². The molecule has 0 spiro atoms. The minimum Gasteiger partial charge on any atom is -0.378 e. The number of nitrogens with two attached hydrogens (primary N) is 1. The fourth-order valence-electron chi connectivity index (χ4n) is 5.48. The number of nitrogens with zero attached hydrogens (tertiary/aromatic N) is 5. The smallest absolute Gasteiger partial charge is 0.229 e. The van der Waals surface area contributed by atoms with Crippen LogP contribution in [0.1, 0.15) is 31.2 Å². The molecular formula is C29H35N7O. The van der Waals surface area contributed by atoms with Crippen molar-refractivity contribution in [1.29, 1.82) is 0 Å². The Balaban J connectivity index is 1.33. The maximum Gasteiger partial charge on any atom is 0.229 e. The number of nitrogens with one attached hydrogen (secondary N) is 1. The molecule has 3 heterocycles. The van der Waals surface area contributed by atoms with Crippen LogP contribution < -0.4 is 16.0 Å². The van der Waals surface area contributed by atoms with Crippen LogP contribution in [0.3, 0.4) is 0 Å². The van der Waals surface area contributed by atoms with E-state index in [1.165, 1.54) is 11.3 Å². The molecule has 37 heavy (non-hydrogen) atoms. The number of ether oxygens (including phenoxy) is 1. The van der Waals surface area contributed by atoms with Gasteiger partial charge in [0.05, 0.1) is 18.6 Å². The Morgan fingerprint density at radius 2 is 1.81 bits per heavy atom. The van der Waals surface area contributed by atoms with Gasteiger partial charge in [0.25, 0.3) is 0 Å². The van der Waals surface area contributed by atoms with Crippen LogP contribution in [0.5, 0.6) is 0 Å². The molecule has 2 aliphatic rings. The highest BCUT2D eigenvalue weighted by Crippen LogP contribution is 2.32. The van der Waals surface area contributed by atoms with E-state index in [2.05, 4.69) is 63.2 Å². The number of aryl methyl sites for hydroxylation is 1. The lowest BCUT2D eigenvalue weighted by Crippen LogP contribution is -2.36. The van der Waals surface area contributed by atoms with Gasteiger partial charge in [-0.3, -0.25) is 0 Å². The van der Waals surface area contributed by atoms with E-state index in [4.69, 9.17) is 20.6 Å². The Hall–Kier alpha value is -3.49. The van der Waals surface area contributed by atoms with Gasteiger partial charge in [0.15, 0.2) is 5.65 Å². The van der Waals surface area contributed by atoms with Gasteiger partial charge in [0.1, 0.15) is 5.69 Å². The van der Waals surface area contributed by atoms with E-state index in [-0.39, 0.29) is 0 Å². The molecule has 1 saturated heterocycles. The fraction of sp³-hybridized carbons (Fsp3) is 0.414. The third kappa shape index (κ3) is 5.31. The number of anilines is 3. The maximum atomic E-state index is 6.17. The summed E-state index contributed by atoms with van der Waals surface area (Å²) in [5, 5.41) is 9.44. The standard InChI is InChI=1S/C29H35N7O/c1-20-3-2-4-24(17-20)32-29-31-18-26-27(22-7-11-25(12-8-22)35-13-15-37-16-14-35)34-36(28(26)33-29)19-21-5-9-23(30)10-6-21/h2-4,7-8,11-12,17-18,21,23H,5-6,9-10,13-16,19,30H2,1H3,(H,31,32,33). The van der Waals surface area contributed by atoms with Gasteiger partial charge in [-0.2, -0.15) is 10.1 Å². The molecular weight excluding hydrogens is 462 g/mol. The van der Waals surface area contributed by atoms with Gasteiger partial charge in [0, 0.05) is 48.8 Å². The first-order chi connectivity index (χ1) is 18.1. The van der Waals surface area contributed by atoms with Gasteiger partial charge in [-0.15, -0.1) is 0 Å². The maximum absolute atomic E-state index is 6.17. The van der Waals surface area contributed by atoms with Crippen molar-refractivity contribution in [1.82, 2.24) is 19.7 Å². The Morgan fingerprint density at radius 3 is 2.57 bits per heavy atom. The predicted molar refractivity (Wildman–Crippen MR) is 148 cm³/mol. The molecule has 0 atom stereocenters. The van der Waals surface area contributed by atoms with Gasteiger partial charge in [-0.25, -0.2) is 9.67 Å². The van der Waals surface area contributed by atoms with Crippen molar-refractivity contribution in [3.8, 4) is 11.3 Å². The van der Waals surface area contributed by atoms with Crippen molar-refractivity contribution in [2.45, 2.75) is 45.2 Å². The molecule has 2 fully saturated rings. The summed E-state index contributed by atoms with van der Waals surface area (Å²) >= 11 is 0. The number of hydrogen-bond donors (Lipinski definition) is 2. The van der Waals surface area contributed by atoms with Crippen molar-refractivity contribution in [2.24, 2.45) is 11.7 Å². The molecule has 6 rings (SSSR count). The van der Waals surface area contributed by atoms with Crippen LogP contribution >= 0.6 is 0 Å². The van der Waals surface area contributed by atoms with E-state index in [1.807, 2.05) is 18.3 Å². The van der Waals surface area contributed by atoms with E-state index in [1.54, 1.807) is 0 Å². The number of rotatable bonds is 6. The molecule has 4 aromatic rings. The highest BCUT2D eigenvalue weighted by molar-refractivity contribution is 5.91. The highest BCUT2D eigenvalue weighted by Gasteiger charge is 2.22. The van der Waals surface area contributed by atoms with Crippen LogP contribution in [0.4, 0.5) is 17.3 Å². The minimum atomic E-state index is 0.332. The third-order valence-corrected chi connectivity index (χ3v) is 7.60. The van der Waals surface area contributed by atoms with Gasteiger partial charge < -0.3 is 20.7 Å². The summed E-state index contributed by atoms with van der Waals surface area (Å²) in [6.45, 7) is 6.32. The number of morpholine rings is 1. The molecule has 0 unspecified atom stereocenters. The summed E-state index contributed by atoms with van der Waals surface area (Å²) in [6.07, 6.45) is 6.33. The molecule has 1 aliphatic heterocycles. The number of fused-ring (bicyclic) bond motifs is 1. The zero-order valence-corrected chi connectivity index (χ0v) is 21.4. The molecule has 0 bridgehead atoms. The third-order valence-electron chi connectivity index (χ3n) is 7.60. The van der Waals surface area contributed by atoms with Crippen molar-refractivity contribution < 1.29 is 4.74 Å². The molecule has 2 aromatic carbocycles. The van der Waals surface area contributed by atoms with Crippen molar-refractivity contribution in [3.05, 3.63) is 60.3 Å². The topological polar surface area (TPSA) is 94.1 Å². The van der Waals surface area contributed by atoms with E-state index in [0.717, 1.165) is 86.5 Å². The van der Waals surface area contributed by atoms with E-state index in [0.29, 0.717) is 17.9 Å². The van der Waals surface area contributed by atoms with Gasteiger partial charge in [-0.05, 0) is 68.4 Å². The summed E-state index contributed by atoms with van der Waals surface area (Å²) in [6, 6.07) is 17.3. The van der Waals surface area contributed by atoms with Crippen molar-refractivity contribution >= 4 is 28.4 Å². The summed E-state index contributed by atoms with van der Waals surface area (Å²) in [4.78, 5) is 12.0. The zero-order valence-electron chi connectivity index (χ0n) is 21.4. The summed E-state index contributed by atoms with van der Waals surface area (Å²) in [5.74, 6) is 1.14. The average molecular weight is 498 g/mol. The molecule has 1 aliphatic carbocycles. The lowest BCUT2D eigenvalue weighted by molar-refractivity contribution is 0.122. The first-order valence-electron chi connectivity index (χ1n) is 13.4. The molecule has 192 valence electrons. The quantitative estimate of drug-likeness (QED) is 0.391. The monoisotopic (exact) mass is 497 g/mol.